The number of methoxy groups -OCH3 is 1. The van der Waals surface area contributed by atoms with Crippen LogP contribution in [0.5, 0.6) is 5.75 Å². The third-order valence-corrected chi connectivity index (χ3v) is 8.13. The first-order valence-electron chi connectivity index (χ1n) is 12.7. The average molecular weight is 590 g/mol. The van der Waals surface area contributed by atoms with Crippen molar-refractivity contribution in [1.82, 2.24) is 10.2 Å². The molecule has 2 amide bonds. The fraction of sp³-hybridized carbons (Fsp3) is 0.310. The topological polar surface area (TPSA) is 96.0 Å². The molecule has 1 unspecified atom stereocenters. The number of hydrogen-bond donors (Lipinski definition) is 1. The summed E-state index contributed by atoms with van der Waals surface area (Å²) in [6.45, 7) is 4.73. The molecule has 0 bridgehead atoms. The number of halogens is 2. The molecule has 11 heteroatoms. The summed E-state index contributed by atoms with van der Waals surface area (Å²) < 4.78 is 47.4. The van der Waals surface area contributed by atoms with Crippen molar-refractivity contribution in [3.05, 3.63) is 89.2 Å². The second-order valence-corrected chi connectivity index (χ2v) is 11.7. The Balaban J connectivity index is 2.06. The van der Waals surface area contributed by atoms with E-state index in [0.29, 0.717) is 11.3 Å². The lowest BCUT2D eigenvalue weighted by Crippen LogP contribution is -2.53. The minimum atomic E-state index is -4.25. The maximum Gasteiger partial charge on any atom is 0.264 e. The number of rotatable bonds is 12. The van der Waals surface area contributed by atoms with Crippen LogP contribution in [0, 0.1) is 5.82 Å². The van der Waals surface area contributed by atoms with Gasteiger partial charge in [-0.15, -0.1) is 0 Å². The van der Waals surface area contributed by atoms with E-state index in [0.717, 1.165) is 4.31 Å². The third kappa shape index (κ3) is 7.73. The summed E-state index contributed by atoms with van der Waals surface area (Å²) in [6, 6.07) is 16.4. The van der Waals surface area contributed by atoms with Gasteiger partial charge in [-0.25, -0.2) is 12.8 Å². The Morgan fingerprint density at radius 1 is 1.02 bits per heavy atom. The van der Waals surface area contributed by atoms with Gasteiger partial charge in [0.2, 0.25) is 11.8 Å². The summed E-state index contributed by atoms with van der Waals surface area (Å²) in [5, 5.41) is 3.11. The molecular weight excluding hydrogens is 557 g/mol. The largest absolute Gasteiger partial charge is 0.497 e. The maximum absolute atomic E-state index is 14.0. The van der Waals surface area contributed by atoms with E-state index in [1.165, 1.54) is 72.7 Å². The van der Waals surface area contributed by atoms with Crippen LogP contribution in [0.15, 0.2) is 77.7 Å². The van der Waals surface area contributed by atoms with Crippen molar-refractivity contribution < 1.29 is 27.1 Å². The molecule has 1 atom stereocenters. The molecule has 0 fully saturated rings. The second-order valence-electron chi connectivity index (χ2n) is 9.40. The van der Waals surface area contributed by atoms with E-state index in [4.69, 9.17) is 16.3 Å². The Kier molecular flexibility index (Phi) is 10.5. The molecule has 0 spiro atoms. The van der Waals surface area contributed by atoms with Gasteiger partial charge in [-0.05, 0) is 80.4 Å². The highest BCUT2D eigenvalue weighted by Gasteiger charge is 2.34. The third-order valence-electron chi connectivity index (χ3n) is 6.11. The minimum absolute atomic E-state index is 0.0326. The Bertz CT molecular complexity index is 1420. The molecule has 40 heavy (non-hydrogen) atoms. The van der Waals surface area contributed by atoms with Gasteiger partial charge in [-0.1, -0.05) is 36.7 Å². The normalized spacial score (nSPS) is 12.1. The highest BCUT2D eigenvalue weighted by molar-refractivity contribution is 7.92. The number of sulfonamides is 1. The first kappa shape index (κ1) is 30.9. The zero-order valence-corrected chi connectivity index (χ0v) is 24.4. The molecular formula is C29H33ClFN3O5S. The van der Waals surface area contributed by atoms with Crippen LogP contribution < -0.4 is 14.4 Å². The predicted octanol–water partition coefficient (Wildman–Crippen LogP) is 5.02. The van der Waals surface area contributed by atoms with Crippen LogP contribution in [0.2, 0.25) is 5.02 Å². The molecule has 0 radical (unpaired) electrons. The van der Waals surface area contributed by atoms with Crippen molar-refractivity contribution in [3.8, 4) is 5.75 Å². The van der Waals surface area contributed by atoms with Crippen LogP contribution in [0.1, 0.15) is 32.8 Å². The number of carbonyl (C=O) groups excluding carboxylic acids is 2. The van der Waals surface area contributed by atoms with Crippen molar-refractivity contribution in [2.75, 3.05) is 18.0 Å². The Morgan fingerprint density at radius 2 is 1.68 bits per heavy atom. The van der Waals surface area contributed by atoms with Gasteiger partial charge < -0.3 is 15.0 Å². The minimum Gasteiger partial charge on any atom is -0.497 e. The SMILES string of the molecule is CCC(C(=O)NC(C)C)N(Cc1ccc(F)cc1)C(=O)CN(c1cccc(Cl)c1)S(=O)(=O)c1ccc(OC)cc1. The summed E-state index contributed by atoms with van der Waals surface area (Å²) in [4.78, 5) is 28.4. The van der Waals surface area contributed by atoms with Gasteiger partial charge in [0, 0.05) is 17.6 Å². The fourth-order valence-electron chi connectivity index (χ4n) is 4.12. The molecule has 0 aromatic heterocycles. The van der Waals surface area contributed by atoms with Crippen molar-refractivity contribution in [3.63, 3.8) is 0 Å². The number of amides is 2. The molecule has 3 rings (SSSR count). The first-order valence-corrected chi connectivity index (χ1v) is 14.5. The van der Waals surface area contributed by atoms with Crippen molar-refractivity contribution in [1.29, 1.82) is 0 Å². The lowest BCUT2D eigenvalue weighted by molar-refractivity contribution is -0.140. The zero-order chi connectivity index (χ0) is 29.4. The lowest BCUT2D eigenvalue weighted by Gasteiger charge is -2.33. The lowest BCUT2D eigenvalue weighted by atomic mass is 10.1. The van der Waals surface area contributed by atoms with Gasteiger partial charge in [-0.3, -0.25) is 13.9 Å². The van der Waals surface area contributed by atoms with E-state index >= 15 is 0 Å². The van der Waals surface area contributed by atoms with Gasteiger partial charge in [0.25, 0.3) is 10.0 Å². The molecule has 3 aromatic carbocycles. The number of hydrogen-bond acceptors (Lipinski definition) is 5. The van der Waals surface area contributed by atoms with E-state index in [1.54, 1.807) is 32.9 Å². The number of nitrogens with one attached hydrogen (secondary N) is 1. The van der Waals surface area contributed by atoms with E-state index in [1.807, 2.05) is 0 Å². The number of nitrogens with zero attached hydrogens (tertiary/aromatic N) is 2. The second kappa shape index (κ2) is 13.6. The van der Waals surface area contributed by atoms with Crippen molar-refractivity contribution in [2.45, 2.75) is 50.7 Å². The Morgan fingerprint density at radius 3 is 2.23 bits per heavy atom. The van der Waals surface area contributed by atoms with Gasteiger partial charge in [0.15, 0.2) is 0 Å². The van der Waals surface area contributed by atoms with Crippen molar-refractivity contribution in [2.24, 2.45) is 0 Å². The Labute approximate surface area is 239 Å². The molecule has 214 valence electrons. The molecule has 0 heterocycles. The quantitative estimate of drug-likeness (QED) is 0.320. The molecule has 1 N–H and O–H groups in total. The van der Waals surface area contributed by atoms with Crippen molar-refractivity contribution >= 4 is 39.1 Å². The Hall–Kier alpha value is -3.63. The van der Waals surface area contributed by atoms with Crippen LogP contribution in [0.4, 0.5) is 10.1 Å². The molecule has 0 aliphatic heterocycles. The van der Waals surface area contributed by atoms with Gasteiger partial charge >= 0.3 is 0 Å². The summed E-state index contributed by atoms with van der Waals surface area (Å²) >= 11 is 6.19. The summed E-state index contributed by atoms with van der Waals surface area (Å²) in [7, 11) is -2.79. The zero-order valence-electron chi connectivity index (χ0n) is 22.8. The highest BCUT2D eigenvalue weighted by Crippen LogP contribution is 2.28. The number of anilines is 1. The molecule has 0 saturated heterocycles. The average Bonchev–Trinajstić information content (AvgIpc) is 2.92. The van der Waals surface area contributed by atoms with Crippen LogP contribution in [0.3, 0.4) is 0 Å². The molecule has 8 nitrogen and oxygen atoms in total. The highest BCUT2D eigenvalue weighted by atomic mass is 35.5. The smallest absolute Gasteiger partial charge is 0.264 e. The summed E-state index contributed by atoms with van der Waals surface area (Å²) in [5.41, 5.74) is 0.760. The van der Waals surface area contributed by atoms with Crippen LogP contribution in [-0.4, -0.2) is 50.9 Å². The summed E-state index contributed by atoms with van der Waals surface area (Å²) in [6.07, 6.45) is 0.272. The predicted molar refractivity (Wildman–Crippen MR) is 153 cm³/mol. The van der Waals surface area contributed by atoms with Gasteiger partial charge in [0.05, 0.1) is 17.7 Å². The number of ether oxygens (including phenoxy) is 1. The van der Waals surface area contributed by atoms with Gasteiger partial charge in [-0.2, -0.15) is 0 Å². The van der Waals surface area contributed by atoms with Crippen LogP contribution >= 0.6 is 11.6 Å². The molecule has 0 aliphatic rings. The molecule has 0 aliphatic carbocycles. The van der Waals surface area contributed by atoms with Gasteiger partial charge in [0.1, 0.15) is 24.2 Å². The summed E-state index contributed by atoms with van der Waals surface area (Å²) in [5.74, 6) is -0.965. The standard InChI is InChI=1S/C29H33ClFN3O5S/c1-5-27(29(36)32-20(2)3)33(18-21-9-11-23(31)12-10-21)28(35)19-34(24-8-6-7-22(30)17-24)40(37,38)26-15-13-25(39-4)14-16-26/h6-17,20,27H,5,18-19H2,1-4H3,(H,32,36). The van der Waals surface area contributed by atoms with E-state index in [-0.39, 0.29) is 40.5 Å². The first-order chi connectivity index (χ1) is 19.0. The van der Waals surface area contributed by atoms with E-state index in [9.17, 15) is 22.4 Å². The van der Waals surface area contributed by atoms with E-state index < -0.39 is 34.3 Å². The van der Waals surface area contributed by atoms with Crippen LogP contribution in [-0.2, 0) is 26.2 Å². The monoisotopic (exact) mass is 589 g/mol. The van der Waals surface area contributed by atoms with E-state index in [2.05, 4.69) is 5.32 Å². The number of benzene rings is 3. The molecule has 0 saturated carbocycles. The molecule has 3 aromatic rings. The van der Waals surface area contributed by atoms with Crippen LogP contribution in [0.25, 0.3) is 0 Å². The number of carbonyl (C=O) groups is 2. The maximum atomic E-state index is 14.0. The fourth-order valence-corrected chi connectivity index (χ4v) is 5.71.